The minimum Gasteiger partial charge on any atom is -0.508 e. The molecule has 0 spiro atoms. The minimum absolute atomic E-state index is 0.186. The molecule has 3 aromatic rings. The van der Waals surface area contributed by atoms with E-state index in [0.29, 0.717) is 22.9 Å². The van der Waals surface area contributed by atoms with Crippen molar-refractivity contribution in [2.24, 2.45) is 0 Å². The second-order valence-electron chi connectivity index (χ2n) is 6.83. The number of amides is 1. The number of anilines is 1. The molecule has 0 atom stereocenters. The van der Waals surface area contributed by atoms with Gasteiger partial charge in [-0.2, -0.15) is 0 Å². The summed E-state index contributed by atoms with van der Waals surface area (Å²) in [5, 5.41) is 12.1. The summed E-state index contributed by atoms with van der Waals surface area (Å²) >= 11 is 0. The van der Waals surface area contributed by atoms with Crippen LogP contribution in [-0.2, 0) is 4.79 Å². The Hall–Kier alpha value is -4.19. The van der Waals surface area contributed by atoms with Gasteiger partial charge in [-0.15, -0.1) is 0 Å². The Bertz CT molecular complexity index is 1090. The van der Waals surface area contributed by atoms with Gasteiger partial charge in [0.05, 0.1) is 21.3 Å². The van der Waals surface area contributed by atoms with E-state index in [-0.39, 0.29) is 11.7 Å². The average Bonchev–Trinajstić information content (AvgIpc) is 2.82. The molecule has 0 bridgehead atoms. The minimum atomic E-state index is -0.237. The number of nitrogens with one attached hydrogen (secondary N) is 1. The van der Waals surface area contributed by atoms with Crippen LogP contribution in [0.4, 0.5) is 5.69 Å². The fraction of sp³-hybridized carbons (Fsp3) is 0.115. The van der Waals surface area contributed by atoms with Crippen LogP contribution in [-0.4, -0.2) is 32.3 Å². The molecule has 6 nitrogen and oxygen atoms in total. The quantitative estimate of drug-likeness (QED) is 0.377. The van der Waals surface area contributed by atoms with Crippen molar-refractivity contribution in [1.29, 1.82) is 0 Å². The summed E-state index contributed by atoms with van der Waals surface area (Å²) in [6, 6.07) is 17.8. The summed E-state index contributed by atoms with van der Waals surface area (Å²) in [7, 11) is 4.73. The lowest BCUT2D eigenvalue weighted by atomic mass is 10.1. The van der Waals surface area contributed by atoms with Crippen LogP contribution in [0.1, 0.15) is 16.7 Å². The van der Waals surface area contributed by atoms with Crippen LogP contribution in [0.3, 0.4) is 0 Å². The van der Waals surface area contributed by atoms with Gasteiger partial charge in [0.2, 0.25) is 11.7 Å². The highest BCUT2D eigenvalue weighted by atomic mass is 16.5. The van der Waals surface area contributed by atoms with E-state index >= 15 is 0 Å². The first-order chi connectivity index (χ1) is 15.5. The lowest BCUT2D eigenvalue weighted by Gasteiger charge is -2.12. The molecule has 0 unspecified atom stereocenters. The molecule has 0 aliphatic heterocycles. The SMILES string of the molecule is COc1cc(/C=C/c2ccc(NC(=O)/C=C/c3ccc(O)cc3)cc2)cc(OC)c1OC. The number of rotatable bonds is 8. The number of phenolic OH excluding ortho intramolecular Hbond substituents is 1. The molecular formula is C26H25NO5. The number of carbonyl (C=O) groups excluding carboxylic acids is 1. The Morgan fingerprint density at radius 3 is 1.84 bits per heavy atom. The predicted molar refractivity (Wildman–Crippen MR) is 127 cm³/mol. The number of benzene rings is 3. The highest BCUT2D eigenvalue weighted by Crippen LogP contribution is 2.38. The maximum absolute atomic E-state index is 12.1. The van der Waals surface area contributed by atoms with Gasteiger partial charge in [0.15, 0.2) is 11.5 Å². The number of phenols is 1. The predicted octanol–water partition coefficient (Wildman–Crippen LogP) is 5.24. The third-order valence-corrected chi connectivity index (χ3v) is 4.65. The summed E-state index contributed by atoms with van der Waals surface area (Å²) in [6.45, 7) is 0. The second kappa shape index (κ2) is 10.7. The van der Waals surface area contributed by atoms with Crippen molar-refractivity contribution >= 4 is 29.8 Å². The van der Waals surface area contributed by atoms with Crippen molar-refractivity contribution in [2.75, 3.05) is 26.6 Å². The van der Waals surface area contributed by atoms with Crippen LogP contribution in [0.25, 0.3) is 18.2 Å². The molecule has 6 heteroatoms. The van der Waals surface area contributed by atoms with E-state index in [1.165, 1.54) is 6.08 Å². The molecule has 0 saturated carbocycles. The smallest absolute Gasteiger partial charge is 0.248 e. The van der Waals surface area contributed by atoms with Crippen LogP contribution < -0.4 is 19.5 Å². The first-order valence-electron chi connectivity index (χ1n) is 9.88. The van der Waals surface area contributed by atoms with Gasteiger partial charge >= 0.3 is 0 Å². The van der Waals surface area contributed by atoms with Crippen LogP contribution in [0.15, 0.2) is 66.7 Å². The van der Waals surface area contributed by atoms with E-state index in [1.807, 2.05) is 48.6 Å². The lowest BCUT2D eigenvalue weighted by molar-refractivity contribution is -0.111. The summed E-state index contributed by atoms with van der Waals surface area (Å²) in [5.41, 5.74) is 3.38. The fourth-order valence-corrected chi connectivity index (χ4v) is 3.01. The van der Waals surface area contributed by atoms with Gasteiger partial charge in [0.1, 0.15) is 5.75 Å². The van der Waals surface area contributed by atoms with Crippen LogP contribution >= 0.6 is 0 Å². The molecule has 3 rings (SSSR count). The van der Waals surface area contributed by atoms with Crippen molar-refractivity contribution in [3.05, 3.63) is 83.4 Å². The molecule has 164 valence electrons. The zero-order chi connectivity index (χ0) is 22.9. The van der Waals surface area contributed by atoms with Crippen molar-refractivity contribution in [3.63, 3.8) is 0 Å². The van der Waals surface area contributed by atoms with Gasteiger partial charge < -0.3 is 24.6 Å². The van der Waals surface area contributed by atoms with E-state index in [1.54, 1.807) is 51.7 Å². The van der Waals surface area contributed by atoms with E-state index in [4.69, 9.17) is 14.2 Å². The second-order valence-corrected chi connectivity index (χ2v) is 6.83. The first-order valence-corrected chi connectivity index (χ1v) is 9.88. The van der Waals surface area contributed by atoms with Gasteiger partial charge in [0, 0.05) is 11.8 Å². The van der Waals surface area contributed by atoms with Crippen molar-refractivity contribution < 1.29 is 24.1 Å². The number of hydrogen-bond donors (Lipinski definition) is 2. The Kier molecular flexibility index (Phi) is 7.54. The van der Waals surface area contributed by atoms with Gasteiger partial charge in [0.25, 0.3) is 0 Å². The maximum atomic E-state index is 12.1. The molecule has 0 heterocycles. The number of aromatic hydroxyl groups is 1. The Balaban J connectivity index is 1.65. The number of hydrogen-bond acceptors (Lipinski definition) is 5. The Morgan fingerprint density at radius 2 is 1.28 bits per heavy atom. The summed E-state index contributed by atoms with van der Waals surface area (Å²) < 4.78 is 16.1. The van der Waals surface area contributed by atoms with Gasteiger partial charge in [-0.25, -0.2) is 0 Å². The van der Waals surface area contributed by atoms with Gasteiger partial charge in [-0.1, -0.05) is 36.4 Å². The zero-order valence-electron chi connectivity index (χ0n) is 18.2. The van der Waals surface area contributed by atoms with E-state index < -0.39 is 0 Å². The largest absolute Gasteiger partial charge is 0.508 e. The summed E-state index contributed by atoms with van der Waals surface area (Å²) in [6.07, 6.45) is 7.03. The summed E-state index contributed by atoms with van der Waals surface area (Å²) in [4.78, 5) is 12.1. The molecule has 2 N–H and O–H groups in total. The van der Waals surface area contributed by atoms with Gasteiger partial charge in [-0.05, 0) is 59.2 Å². The lowest BCUT2D eigenvalue weighted by Crippen LogP contribution is -2.07. The Morgan fingerprint density at radius 1 is 0.750 bits per heavy atom. The molecule has 0 radical (unpaired) electrons. The van der Waals surface area contributed by atoms with Crippen molar-refractivity contribution in [1.82, 2.24) is 0 Å². The highest BCUT2D eigenvalue weighted by molar-refractivity contribution is 6.02. The maximum Gasteiger partial charge on any atom is 0.248 e. The van der Waals surface area contributed by atoms with Gasteiger partial charge in [-0.3, -0.25) is 4.79 Å². The summed E-state index contributed by atoms with van der Waals surface area (Å²) in [5.74, 6) is 1.67. The molecule has 0 fully saturated rings. The molecular weight excluding hydrogens is 406 g/mol. The van der Waals surface area contributed by atoms with E-state index in [9.17, 15) is 9.90 Å². The number of methoxy groups -OCH3 is 3. The number of carbonyl (C=O) groups is 1. The fourth-order valence-electron chi connectivity index (χ4n) is 3.01. The van der Waals surface area contributed by atoms with E-state index in [2.05, 4.69) is 5.32 Å². The average molecular weight is 431 g/mol. The highest BCUT2D eigenvalue weighted by Gasteiger charge is 2.11. The zero-order valence-corrected chi connectivity index (χ0v) is 18.2. The van der Waals surface area contributed by atoms with Crippen LogP contribution in [0.5, 0.6) is 23.0 Å². The molecule has 0 saturated heterocycles. The molecule has 3 aromatic carbocycles. The van der Waals surface area contributed by atoms with Crippen molar-refractivity contribution in [2.45, 2.75) is 0 Å². The molecule has 0 aliphatic carbocycles. The van der Waals surface area contributed by atoms with E-state index in [0.717, 1.165) is 16.7 Å². The third-order valence-electron chi connectivity index (χ3n) is 4.65. The van der Waals surface area contributed by atoms with Crippen LogP contribution in [0, 0.1) is 0 Å². The number of ether oxygens (including phenoxy) is 3. The standard InChI is InChI=1S/C26H25NO5/c1-30-23-16-20(17-24(31-2)26(23)32-3)5-4-18-6-11-21(12-7-18)27-25(29)15-10-19-8-13-22(28)14-9-19/h4-17,28H,1-3H3,(H,27,29)/b5-4+,15-10+. The third kappa shape index (κ3) is 5.92. The topological polar surface area (TPSA) is 77.0 Å². The normalized spacial score (nSPS) is 11.0. The van der Waals surface area contributed by atoms with Crippen LogP contribution in [0.2, 0.25) is 0 Å². The molecule has 0 aromatic heterocycles. The molecule has 0 aliphatic rings. The first kappa shape index (κ1) is 22.5. The molecule has 32 heavy (non-hydrogen) atoms. The molecule has 1 amide bonds. The Labute approximate surface area is 187 Å². The monoisotopic (exact) mass is 431 g/mol. The van der Waals surface area contributed by atoms with Crippen molar-refractivity contribution in [3.8, 4) is 23.0 Å².